The number of carbonyl (C=O) groups excluding carboxylic acids is 1. The first-order chi connectivity index (χ1) is 11.7. The second kappa shape index (κ2) is 6.47. The Labute approximate surface area is 144 Å². The number of carbonyl (C=O) groups is 1. The molecule has 24 heavy (non-hydrogen) atoms. The summed E-state index contributed by atoms with van der Waals surface area (Å²) in [7, 11) is 0. The number of benzene rings is 1. The summed E-state index contributed by atoms with van der Waals surface area (Å²) in [5, 5.41) is 9.18. The van der Waals surface area contributed by atoms with Crippen molar-refractivity contribution in [1.29, 1.82) is 0 Å². The quantitative estimate of drug-likeness (QED) is 0.613. The third-order valence-electron chi connectivity index (χ3n) is 4.15. The van der Waals surface area contributed by atoms with E-state index in [1.807, 2.05) is 13.0 Å². The van der Waals surface area contributed by atoms with Gasteiger partial charge in [0.2, 0.25) is 0 Å². The van der Waals surface area contributed by atoms with Crippen LogP contribution in [0.25, 0.3) is 0 Å². The molecule has 7 heteroatoms. The van der Waals surface area contributed by atoms with Gasteiger partial charge in [-0.15, -0.1) is 10.2 Å². The summed E-state index contributed by atoms with van der Waals surface area (Å²) in [6.07, 6.45) is 3.19. The number of hydrogen-bond acceptors (Lipinski definition) is 6. The first-order valence-corrected chi connectivity index (χ1v) is 9.18. The van der Waals surface area contributed by atoms with Gasteiger partial charge in [-0.2, -0.15) is 0 Å². The van der Waals surface area contributed by atoms with E-state index in [0.717, 1.165) is 17.4 Å². The van der Waals surface area contributed by atoms with Crippen molar-refractivity contribution in [2.75, 3.05) is 19.0 Å². The van der Waals surface area contributed by atoms with Crippen molar-refractivity contribution in [2.24, 2.45) is 0 Å². The van der Waals surface area contributed by atoms with Crippen LogP contribution >= 0.6 is 11.8 Å². The van der Waals surface area contributed by atoms with Crippen LogP contribution in [0.15, 0.2) is 23.4 Å². The van der Waals surface area contributed by atoms with Gasteiger partial charge in [0.15, 0.2) is 22.4 Å². The zero-order valence-corrected chi connectivity index (χ0v) is 14.3. The number of thioether (sulfide) groups is 1. The average molecular weight is 345 g/mol. The second-order valence-electron chi connectivity index (χ2n) is 6.05. The Morgan fingerprint density at radius 2 is 2.04 bits per heavy atom. The monoisotopic (exact) mass is 345 g/mol. The number of rotatable bonds is 5. The molecular formula is C17H19N3O3S. The number of aryl methyl sites for hydroxylation is 1. The molecule has 0 amide bonds. The van der Waals surface area contributed by atoms with E-state index in [9.17, 15) is 4.79 Å². The van der Waals surface area contributed by atoms with Crippen LogP contribution in [-0.4, -0.2) is 39.5 Å². The highest BCUT2D eigenvalue weighted by Gasteiger charge is 2.28. The van der Waals surface area contributed by atoms with Crippen molar-refractivity contribution in [1.82, 2.24) is 14.8 Å². The van der Waals surface area contributed by atoms with Gasteiger partial charge in [-0.3, -0.25) is 4.79 Å². The fraction of sp³-hybridized carbons (Fsp3) is 0.471. The molecule has 0 N–H and O–H groups in total. The van der Waals surface area contributed by atoms with Crippen LogP contribution in [0.2, 0.25) is 0 Å². The highest BCUT2D eigenvalue weighted by atomic mass is 32.2. The van der Waals surface area contributed by atoms with Crippen LogP contribution < -0.4 is 9.47 Å². The predicted molar refractivity (Wildman–Crippen MR) is 90.1 cm³/mol. The molecule has 0 spiro atoms. The van der Waals surface area contributed by atoms with Crippen LogP contribution in [0.4, 0.5) is 0 Å². The maximum absolute atomic E-state index is 12.5. The molecule has 0 radical (unpaired) electrons. The van der Waals surface area contributed by atoms with E-state index in [-0.39, 0.29) is 5.78 Å². The fourth-order valence-corrected chi connectivity index (χ4v) is 3.70. The summed E-state index contributed by atoms with van der Waals surface area (Å²) in [6.45, 7) is 3.22. The van der Waals surface area contributed by atoms with E-state index in [4.69, 9.17) is 9.47 Å². The van der Waals surface area contributed by atoms with Gasteiger partial charge in [0.1, 0.15) is 5.82 Å². The number of ether oxygens (including phenoxy) is 2. The molecule has 1 aromatic carbocycles. The molecular weight excluding hydrogens is 326 g/mol. The van der Waals surface area contributed by atoms with Crippen molar-refractivity contribution >= 4 is 17.5 Å². The zero-order chi connectivity index (χ0) is 16.5. The Kier molecular flexibility index (Phi) is 4.18. The summed E-state index contributed by atoms with van der Waals surface area (Å²) in [4.78, 5) is 12.5. The molecule has 2 heterocycles. The standard InChI is InChI=1S/C17H19N3O3S/c1-11-18-19-17(20(11)13-4-5-13)24-10-14(21)12-3-6-15-16(9-12)23-8-2-7-22-15/h3,6,9,13H,2,4-5,7-8,10H2,1H3. The van der Waals surface area contributed by atoms with Crippen LogP contribution in [0.5, 0.6) is 11.5 Å². The molecule has 0 unspecified atom stereocenters. The average Bonchev–Trinajstić information content (AvgIpc) is 3.39. The molecule has 0 saturated heterocycles. The lowest BCUT2D eigenvalue weighted by Gasteiger charge is -2.09. The predicted octanol–water partition coefficient (Wildman–Crippen LogP) is 3.06. The lowest BCUT2D eigenvalue weighted by atomic mass is 10.1. The normalized spacial score (nSPS) is 16.7. The molecule has 0 bridgehead atoms. The van der Waals surface area contributed by atoms with Gasteiger partial charge in [-0.1, -0.05) is 11.8 Å². The van der Waals surface area contributed by atoms with Crippen molar-refractivity contribution in [3.8, 4) is 11.5 Å². The molecule has 1 saturated carbocycles. The molecule has 2 aliphatic rings. The molecule has 126 valence electrons. The fourth-order valence-electron chi connectivity index (χ4n) is 2.75. The Balaban J connectivity index is 1.46. The Hall–Kier alpha value is -2.02. The maximum atomic E-state index is 12.5. The molecule has 1 fully saturated rings. The van der Waals surface area contributed by atoms with Gasteiger partial charge in [0.25, 0.3) is 0 Å². The lowest BCUT2D eigenvalue weighted by Crippen LogP contribution is -2.06. The van der Waals surface area contributed by atoms with E-state index in [1.54, 1.807) is 12.1 Å². The van der Waals surface area contributed by atoms with E-state index >= 15 is 0 Å². The largest absolute Gasteiger partial charge is 0.490 e. The number of ketones is 1. The summed E-state index contributed by atoms with van der Waals surface area (Å²) in [5.74, 6) is 2.67. The van der Waals surface area contributed by atoms with Crippen molar-refractivity contribution in [2.45, 2.75) is 37.4 Å². The molecule has 1 aliphatic carbocycles. The SMILES string of the molecule is Cc1nnc(SCC(=O)c2ccc3c(c2)OCCCO3)n1C1CC1. The molecule has 0 atom stereocenters. The minimum atomic E-state index is 0.0543. The lowest BCUT2D eigenvalue weighted by molar-refractivity contribution is 0.102. The maximum Gasteiger partial charge on any atom is 0.191 e. The summed E-state index contributed by atoms with van der Waals surface area (Å²) in [5.41, 5.74) is 0.640. The van der Waals surface area contributed by atoms with Crippen molar-refractivity contribution < 1.29 is 14.3 Å². The first-order valence-electron chi connectivity index (χ1n) is 8.19. The number of nitrogens with zero attached hydrogens (tertiary/aromatic N) is 3. The van der Waals surface area contributed by atoms with Gasteiger partial charge in [-0.05, 0) is 38.0 Å². The third-order valence-corrected chi connectivity index (χ3v) is 5.09. The van der Waals surface area contributed by atoms with Crippen LogP contribution in [0, 0.1) is 6.92 Å². The van der Waals surface area contributed by atoms with E-state index in [2.05, 4.69) is 14.8 Å². The zero-order valence-electron chi connectivity index (χ0n) is 13.5. The first kappa shape index (κ1) is 15.5. The molecule has 1 aromatic heterocycles. The highest BCUT2D eigenvalue weighted by molar-refractivity contribution is 7.99. The van der Waals surface area contributed by atoms with Gasteiger partial charge in [0.05, 0.1) is 19.0 Å². The smallest absolute Gasteiger partial charge is 0.191 e. The van der Waals surface area contributed by atoms with Gasteiger partial charge in [-0.25, -0.2) is 0 Å². The van der Waals surface area contributed by atoms with Crippen LogP contribution in [-0.2, 0) is 0 Å². The van der Waals surface area contributed by atoms with Crippen LogP contribution in [0.3, 0.4) is 0 Å². The van der Waals surface area contributed by atoms with Gasteiger partial charge >= 0.3 is 0 Å². The number of fused-ring (bicyclic) bond motifs is 1. The van der Waals surface area contributed by atoms with Crippen molar-refractivity contribution in [3.63, 3.8) is 0 Å². The third kappa shape index (κ3) is 3.13. The minimum absolute atomic E-state index is 0.0543. The molecule has 6 nitrogen and oxygen atoms in total. The topological polar surface area (TPSA) is 66.2 Å². The minimum Gasteiger partial charge on any atom is -0.490 e. The highest BCUT2D eigenvalue weighted by Crippen LogP contribution is 2.38. The molecule has 1 aliphatic heterocycles. The van der Waals surface area contributed by atoms with Crippen LogP contribution in [0.1, 0.15) is 41.5 Å². The van der Waals surface area contributed by atoms with E-state index in [0.29, 0.717) is 42.1 Å². The van der Waals surface area contributed by atoms with E-state index < -0.39 is 0 Å². The molecule has 4 rings (SSSR count). The number of hydrogen-bond donors (Lipinski definition) is 0. The van der Waals surface area contributed by atoms with E-state index in [1.165, 1.54) is 24.6 Å². The summed E-state index contributed by atoms with van der Waals surface area (Å²) in [6, 6.07) is 5.90. The Morgan fingerprint density at radius 3 is 2.83 bits per heavy atom. The van der Waals surface area contributed by atoms with Gasteiger partial charge in [0, 0.05) is 18.0 Å². The van der Waals surface area contributed by atoms with Crippen molar-refractivity contribution in [3.05, 3.63) is 29.6 Å². The molecule has 2 aromatic rings. The Bertz CT molecular complexity index is 770. The summed E-state index contributed by atoms with van der Waals surface area (Å²) >= 11 is 1.45. The number of aromatic nitrogens is 3. The Morgan fingerprint density at radius 1 is 1.25 bits per heavy atom. The number of Topliss-reactive ketones (excluding diaryl/α,β-unsaturated/α-hetero) is 1. The summed E-state index contributed by atoms with van der Waals surface area (Å²) < 4.78 is 13.4. The van der Waals surface area contributed by atoms with Gasteiger partial charge < -0.3 is 14.0 Å². The second-order valence-corrected chi connectivity index (χ2v) is 7.00.